The number of ether oxygens (including phenoxy) is 6. The summed E-state index contributed by atoms with van der Waals surface area (Å²) in [6.45, 7) is 35.4. The molecule has 1 saturated heterocycles. The van der Waals surface area contributed by atoms with Gasteiger partial charge in [0, 0.05) is 124 Å². The maximum absolute atomic E-state index is 13.0. The van der Waals surface area contributed by atoms with E-state index in [1.807, 2.05) is 13.8 Å². The standard InChI is InChI=1S/C17H15Br2F3N2O2.C17H14BrF3N2O2.C17H15F3N2O2.C15H10BrF3N2O2.C12H8BrF3N2.C6H15N.C5H9ClO2.C5H8O2.C4H8O.Br2.Li.H2O/c1-3-26-16(25)14(19)13(18)12-4-5-23-15(24-12)10-6-9(2)7-11(8-10)17(20,21)22;1-3-25-16(24)14(18)9-13-4-5-22-15(23-13)11-6-10(2)7-12(8-11)17(19,20)21;1-3-24-15(23)5-4-14-6-7-21-16(22-14)12-8-11(2)9-13(10-12)17(18,19)20;1-8-4-9(6-10(5-8)15(17,18)19)13-20-3-2-11(21-13)7-12(16)14(22)23;1-7-4-8(6-9(5-7)12(14,15)16)11-17-3-2-10(13)18-11;1-4-7(5-2)6-3;1-4(2)3-8-5(6)7;1-3-5(6)7-4-2;1-2-4-5-3-1;1-2;;/h4-8,13-14H,3H2,1-2H3;4-9H,3H2,1-2H3;4-10H,3H2,1-2H3;2-7H,1H3,(H,22,23);2-6H,1H3;4-6H2,1-3H3;4H,3H2,1-2H3;3H,1,4H2,2H3;1-4H2;;;1H2/q;;;;;;;;;;+1;/p-1/b;14-9+;5-4+;12-7+;;;;;;;;. The number of hydrogen-bond acceptors (Lipinski definition) is 24. The third-order valence-electron chi connectivity index (χ3n) is 17.7. The number of carbonyl (C=O) groups excluding carboxylic acids is 5. The number of carboxylic acid groups (broad SMARTS) is 1. The van der Waals surface area contributed by atoms with Gasteiger partial charge in [0.1, 0.15) is 18.4 Å². The molecule has 2 N–H and O–H groups in total. The van der Waals surface area contributed by atoms with Crippen LogP contribution < -0.4 is 18.9 Å². The number of benzene rings is 5. The summed E-state index contributed by atoms with van der Waals surface area (Å²) in [6, 6.07) is 25.9. The van der Waals surface area contributed by atoms with Crippen molar-refractivity contribution in [2.24, 2.45) is 5.92 Å². The number of aliphatic carboxylic acids is 1. The number of aryl methyl sites for hydroxylation is 5. The normalized spacial score (nSPS) is 12.0. The summed E-state index contributed by atoms with van der Waals surface area (Å²) in [6.07, 6.45) is -6.10. The SMILES string of the molecule is BrBr.C1CCOC1.C=CC(=O)OCC.CC(C)COC(=O)Cl.CCN(CC)CC.CCOC(=O)/C(Br)=C\c1ccnc(-c2cc(C)cc(C(F)(F)F)c2)n1.CCOC(=O)/C=C/c1ccnc(-c2cc(C)cc(C(F)(F)F)c2)n1.CCOC(=O)C(Br)C(Br)c1ccnc(-c2cc(C)cc(C(F)(F)F)c2)n1.Cc1cc(-c2nccc(/C=C(/Br)C(=O)O)n2)cc(C(F)(F)F)c1.Cc1cc(-c2nccc(Br)n2)cc(C(F)(F)F)c1.[Li+].[OH-]. The predicted octanol–water partition coefficient (Wildman–Crippen LogP) is 26.0. The molecule has 1 fully saturated rings. The summed E-state index contributed by atoms with van der Waals surface area (Å²) in [5, 5.41) is 8.81. The van der Waals surface area contributed by atoms with Gasteiger partial charge in [0.2, 0.25) is 0 Å². The van der Waals surface area contributed by atoms with Crippen molar-refractivity contribution in [1.29, 1.82) is 0 Å². The van der Waals surface area contributed by atoms with Gasteiger partial charge < -0.3 is 43.9 Å². The zero-order valence-electron chi connectivity index (χ0n) is 81.7. The van der Waals surface area contributed by atoms with E-state index in [1.165, 1.54) is 106 Å². The minimum absolute atomic E-state index is 0. The summed E-state index contributed by atoms with van der Waals surface area (Å²) in [5.74, 6) is -1.96. The number of aromatic nitrogens is 10. The van der Waals surface area contributed by atoms with Gasteiger partial charge in [-0.3, -0.25) is 4.79 Å². The quantitative estimate of drug-likeness (QED) is 0.00858. The molecule has 2 unspecified atom stereocenters. The van der Waals surface area contributed by atoms with Crippen LogP contribution in [0.1, 0.15) is 158 Å². The van der Waals surface area contributed by atoms with Gasteiger partial charge in [-0.15, -0.1) is 0 Å². The molecule has 1 aliphatic rings. The number of carboxylic acids is 1. The molecule has 0 aliphatic carbocycles. The Balaban J connectivity index is 0.00000169. The summed E-state index contributed by atoms with van der Waals surface area (Å²) in [7, 11) is 0. The van der Waals surface area contributed by atoms with Crippen molar-refractivity contribution < 1.29 is 152 Å². The van der Waals surface area contributed by atoms with Gasteiger partial charge in [0.15, 0.2) is 29.1 Å². The molecule has 10 aromatic rings. The average Bonchev–Trinajstić information content (AvgIpc) is 1.32. The molecule has 11 rings (SSSR count). The van der Waals surface area contributed by atoms with Gasteiger partial charge in [-0.1, -0.05) is 73.1 Å². The van der Waals surface area contributed by atoms with Crippen LogP contribution in [0.25, 0.3) is 75.2 Å². The Morgan fingerprint density at radius 3 is 1.05 bits per heavy atom. The van der Waals surface area contributed by atoms with Crippen molar-refractivity contribution in [3.8, 4) is 56.9 Å². The third kappa shape index (κ3) is 54.1. The largest absolute Gasteiger partial charge is 1.00 e. The van der Waals surface area contributed by atoms with Crippen LogP contribution in [0.15, 0.2) is 185 Å². The smallest absolute Gasteiger partial charge is 0.870 e. The van der Waals surface area contributed by atoms with Crippen molar-refractivity contribution in [2.45, 2.75) is 150 Å². The van der Waals surface area contributed by atoms with Gasteiger partial charge in [-0.05, 0) is 316 Å². The average molecular weight is 2550 g/mol. The molecule has 49 heteroatoms. The van der Waals surface area contributed by atoms with Crippen molar-refractivity contribution in [3.05, 3.63) is 263 Å². The monoisotopic (exact) mass is 2540 g/mol. The molecule has 796 valence electrons. The minimum Gasteiger partial charge on any atom is -0.870 e. The first-order valence-corrected chi connectivity index (χ1v) is 51.5. The number of nitrogens with zero attached hydrogens (tertiary/aromatic N) is 11. The molecule has 0 spiro atoms. The summed E-state index contributed by atoms with van der Waals surface area (Å²) < 4.78 is 222. The zero-order valence-corrected chi connectivity index (χ0v) is 93.5. The Bertz CT molecular complexity index is 5920. The zero-order chi connectivity index (χ0) is 110. The molecule has 5 aromatic heterocycles. The molecule has 6 heterocycles. The Hall–Kier alpha value is -9.64. The van der Waals surface area contributed by atoms with Crippen molar-refractivity contribution >= 4 is 173 Å². The van der Waals surface area contributed by atoms with Crippen molar-refractivity contribution in [1.82, 2.24) is 54.7 Å². The molecule has 147 heavy (non-hydrogen) atoms. The molecular formula is C98H103Br7ClF15LiN11O14. The molecular weight excluding hydrogens is 2440 g/mol. The number of halogens is 23. The van der Waals surface area contributed by atoms with Crippen LogP contribution >= 0.6 is 120 Å². The first kappa shape index (κ1) is 137. The second-order valence-electron chi connectivity index (χ2n) is 29.8. The van der Waals surface area contributed by atoms with E-state index in [-0.39, 0.29) is 116 Å². The molecule has 0 saturated carbocycles. The van der Waals surface area contributed by atoms with Gasteiger partial charge in [-0.25, -0.2) is 73.8 Å². The Morgan fingerprint density at radius 2 is 0.769 bits per heavy atom. The maximum Gasteiger partial charge on any atom is 1.00 e. The van der Waals surface area contributed by atoms with E-state index < -0.39 is 97.7 Å². The van der Waals surface area contributed by atoms with E-state index in [2.05, 4.69) is 199 Å². The van der Waals surface area contributed by atoms with Crippen molar-refractivity contribution in [3.63, 3.8) is 0 Å². The Morgan fingerprint density at radius 1 is 0.456 bits per heavy atom. The van der Waals surface area contributed by atoms with E-state index in [1.54, 1.807) is 105 Å². The van der Waals surface area contributed by atoms with E-state index in [4.69, 9.17) is 35.7 Å². The molecule has 0 bridgehead atoms. The van der Waals surface area contributed by atoms with Crippen LogP contribution in [0.2, 0.25) is 0 Å². The predicted molar refractivity (Wildman–Crippen MR) is 551 cm³/mol. The van der Waals surface area contributed by atoms with Crippen LogP contribution in [0.4, 0.5) is 70.7 Å². The molecule has 0 radical (unpaired) electrons. The van der Waals surface area contributed by atoms with Crippen LogP contribution in [0, 0.1) is 40.5 Å². The van der Waals surface area contributed by atoms with Gasteiger partial charge in [-0.2, -0.15) is 65.9 Å². The minimum atomic E-state index is -4.47. The summed E-state index contributed by atoms with van der Waals surface area (Å²) >= 11 is 26.1. The van der Waals surface area contributed by atoms with E-state index >= 15 is 0 Å². The fourth-order valence-electron chi connectivity index (χ4n) is 11.3. The number of rotatable bonds is 24. The van der Waals surface area contributed by atoms with Crippen LogP contribution in [0.5, 0.6) is 0 Å². The van der Waals surface area contributed by atoms with Crippen molar-refractivity contribution in [2.75, 3.05) is 65.9 Å². The molecule has 1 aliphatic heterocycles. The van der Waals surface area contributed by atoms with Gasteiger partial charge in [0.05, 0.1) is 88.5 Å². The fourth-order valence-corrected chi connectivity index (χ4v) is 13.1. The van der Waals surface area contributed by atoms with Crippen LogP contribution in [-0.4, -0.2) is 171 Å². The first-order chi connectivity index (χ1) is 67.9. The van der Waals surface area contributed by atoms with E-state index in [9.17, 15) is 94.6 Å². The number of esters is 4. The second-order valence-corrected chi connectivity index (χ2v) is 34.6. The Kier molecular flexibility index (Phi) is 65.1. The summed E-state index contributed by atoms with van der Waals surface area (Å²) in [4.78, 5) is 107. The van der Waals surface area contributed by atoms with Gasteiger partial charge >= 0.3 is 85.0 Å². The third-order valence-corrected chi connectivity index (χ3v) is 22.0. The first-order valence-electron chi connectivity index (χ1n) is 43.2. The topological polar surface area (TPSA) is 340 Å². The number of carbonyl (C=O) groups is 6. The van der Waals surface area contributed by atoms with Crippen LogP contribution in [-0.2, 0) is 83.3 Å². The van der Waals surface area contributed by atoms with E-state index in [0.717, 1.165) is 80.0 Å². The number of hydrogen-bond donors (Lipinski definition) is 1. The van der Waals surface area contributed by atoms with Gasteiger partial charge in [0.25, 0.3) is 0 Å². The fraction of sp³-hybridized carbons (Fsp3) is 0.347. The van der Waals surface area contributed by atoms with E-state index in [0.29, 0.717) is 74.2 Å². The Labute approximate surface area is 914 Å². The molecule has 5 aromatic carbocycles. The molecule has 0 amide bonds. The molecule has 25 nitrogen and oxygen atoms in total. The second kappa shape index (κ2) is 69.7. The van der Waals surface area contributed by atoms with Crippen LogP contribution in [0.3, 0.4) is 0 Å². The molecule has 2 atom stereocenters. The maximum atomic E-state index is 13.0. The number of alkyl halides is 17. The summed E-state index contributed by atoms with van der Waals surface area (Å²) in [5.41, 5.74) is 0.574.